The Kier molecular flexibility index (Phi) is 6.11. The Balaban J connectivity index is 1.63. The van der Waals surface area contributed by atoms with Gasteiger partial charge in [-0.15, -0.1) is 0 Å². The molecule has 2 fully saturated rings. The van der Waals surface area contributed by atoms with E-state index in [9.17, 15) is 4.79 Å². The number of nitrogens with one attached hydrogen (secondary N) is 2. The van der Waals surface area contributed by atoms with Crippen molar-refractivity contribution in [2.45, 2.75) is 51.5 Å². The van der Waals surface area contributed by atoms with Crippen LogP contribution in [0.15, 0.2) is 0 Å². The molecule has 0 aromatic heterocycles. The minimum Gasteiger partial charge on any atom is -0.352 e. The third kappa shape index (κ3) is 5.11. The molecule has 0 unspecified atom stereocenters. The predicted molar refractivity (Wildman–Crippen MR) is 78.1 cm³/mol. The first-order valence-corrected chi connectivity index (χ1v) is 8.00. The molecule has 1 saturated heterocycles. The molecular weight excluding hydrogens is 238 g/mol. The summed E-state index contributed by atoms with van der Waals surface area (Å²) in [5.41, 5.74) is 0. The van der Waals surface area contributed by atoms with Crippen LogP contribution >= 0.6 is 0 Å². The summed E-state index contributed by atoms with van der Waals surface area (Å²) in [7, 11) is 0. The first-order chi connectivity index (χ1) is 9.28. The summed E-state index contributed by atoms with van der Waals surface area (Å²) in [6.07, 6.45) is 7.61. The monoisotopic (exact) mass is 267 g/mol. The van der Waals surface area contributed by atoms with E-state index in [-0.39, 0.29) is 5.91 Å². The van der Waals surface area contributed by atoms with Crippen molar-refractivity contribution in [3.63, 3.8) is 0 Å². The van der Waals surface area contributed by atoms with Crippen molar-refractivity contribution >= 4 is 5.91 Å². The minimum absolute atomic E-state index is 0.223. The number of carbonyl (C=O) groups excluding carboxylic acids is 1. The van der Waals surface area contributed by atoms with E-state index in [1.54, 1.807) is 0 Å². The molecule has 0 bridgehead atoms. The van der Waals surface area contributed by atoms with E-state index in [2.05, 4.69) is 22.5 Å². The molecule has 0 spiro atoms. The Labute approximate surface area is 117 Å². The van der Waals surface area contributed by atoms with Crippen LogP contribution in [-0.2, 0) is 4.79 Å². The Morgan fingerprint density at radius 2 is 1.89 bits per heavy atom. The third-order valence-corrected chi connectivity index (χ3v) is 4.49. The van der Waals surface area contributed by atoms with Gasteiger partial charge in [0.2, 0.25) is 5.91 Å². The smallest absolute Gasteiger partial charge is 0.234 e. The Morgan fingerprint density at radius 1 is 1.21 bits per heavy atom. The highest BCUT2D eigenvalue weighted by Crippen LogP contribution is 2.27. The molecule has 1 amide bonds. The molecule has 2 rings (SSSR count). The molecule has 0 atom stereocenters. The first-order valence-electron chi connectivity index (χ1n) is 8.00. The van der Waals surface area contributed by atoms with Crippen LogP contribution in [0.4, 0.5) is 0 Å². The van der Waals surface area contributed by atoms with E-state index in [0.717, 1.165) is 32.1 Å². The summed E-state index contributed by atoms with van der Waals surface area (Å²) in [5, 5.41) is 6.54. The second kappa shape index (κ2) is 7.85. The maximum absolute atomic E-state index is 12.0. The zero-order chi connectivity index (χ0) is 13.5. The van der Waals surface area contributed by atoms with E-state index in [1.165, 1.54) is 38.5 Å². The average Bonchev–Trinajstić information content (AvgIpc) is 2.42. The average molecular weight is 267 g/mol. The van der Waals surface area contributed by atoms with Crippen LogP contribution in [0.2, 0.25) is 0 Å². The zero-order valence-corrected chi connectivity index (χ0v) is 12.3. The highest BCUT2D eigenvalue weighted by atomic mass is 16.2. The molecule has 0 aromatic carbocycles. The first kappa shape index (κ1) is 14.8. The standard InChI is InChI=1S/C15H29N3O/c1-2-3-13-4-6-14(7-5-13)17-15(19)12-18-10-8-16-9-11-18/h13-14,16H,2-12H2,1H3,(H,17,19). The molecule has 4 heteroatoms. The van der Waals surface area contributed by atoms with E-state index in [4.69, 9.17) is 0 Å². The molecule has 0 aromatic rings. The van der Waals surface area contributed by atoms with Crippen molar-refractivity contribution in [1.82, 2.24) is 15.5 Å². The largest absolute Gasteiger partial charge is 0.352 e. The van der Waals surface area contributed by atoms with Gasteiger partial charge in [-0.1, -0.05) is 19.8 Å². The Bertz CT molecular complexity index is 269. The van der Waals surface area contributed by atoms with Crippen LogP contribution in [0.5, 0.6) is 0 Å². The number of hydrogen-bond donors (Lipinski definition) is 2. The van der Waals surface area contributed by atoms with Crippen molar-refractivity contribution in [1.29, 1.82) is 0 Å². The van der Waals surface area contributed by atoms with Crippen molar-refractivity contribution < 1.29 is 4.79 Å². The maximum atomic E-state index is 12.0. The van der Waals surface area contributed by atoms with Crippen LogP contribution in [0.25, 0.3) is 0 Å². The van der Waals surface area contributed by atoms with Gasteiger partial charge >= 0.3 is 0 Å². The van der Waals surface area contributed by atoms with Crippen LogP contribution in [-0.4, -0.2) is 49.6 Å². The number of hydrogen-bond acceptors (Lipinski definition) is 3. The van der Waals surface area contributed by atoms with E-state index >= 15 is 0 Å². The molecule has 2 N–H and O–H groups in total. The van der Waals surface area contributed by atoms with Gasteiger partial charge in [-0.05, 0) is 31.6 Å². The van der Waals surface area contributed by atoms with E-state index in [0.29, 0.717) is 12.6 Å². The van der Waals surface area contributed by atoms with Crippen molar-refractivity contribution in [3.8, 4) is 0 Å². The van der Waals surface area contributed by atoms with Gasteiger partial charge in [-0.25, -0.2) is 0 Å². The van der Waals surface area contributed by atoms with Crippen molar-refractivity contribution in [2.24, 2.45) is 5.92 Å². The van der Waals surface area contributed by atoms with E-state index in [1.807, 2.05) is 0 Å². The van der Waals surface area contributed by atoms with Crippen LogP contribution in [0.1, 0.15) is 45.4 Å². The lowest BCUT2D eigenvalue weighted by Gasteiger charge is -2.31. The molecule has 19 heavy (non-hydrogen) atoms. The fourth-order valence-corrected chi connectivity index (χ4v) is 3.35. The molecule has 110 valence electrons. The summed E-state index contributed by atoms with van der Waals surface area (Å²) in [6.45, 7) is 6.86. The fraction of sp³-hybridized carbons (Fsp3) is 0.933. The number of carbonyl (C=O) groups is 1. The minimum atomic E-state index is 0.223. The summed E-state index contributed by atoms with van der Waals surface area (Å²) in [5.74, 6) is 1.13. The molecule has 4 nitrogen and oxygen atoms in total. The van der Waals surface area contributed by atoms with Gasteiger partial charge in [0.1, 0.15) is 0 Å². The Hall–Kier alpha value is -0.610. The molecule has 1 aliphatic carbocycles. The number of rotatable bonds is 5. The molecule has 2 aliphatic rings. The lowest BCUT2D eigenvalue weighted by atomic mass is 9.83. The quantitative estimate of drug-likeness (QED) is 0.791. The lowest BCUT2D eigenvalue weighted by molar-refractivity contribution is -0.123. The van der Waals surface area contributed by atoms with Gasteiger partial charge in [0.25, 0.3) is 0 Å². The van der Waals surface area contributed by atoms with Gasteiger partial charge in [-0.3, -0.25) is 9.69 Å². The van der Waals surface area contributed by atoms with Crippen LogP contribution in [0, 0.1) is 5.92 Å². The van der Waals surface area contributed by atoms with Crippen LogP contribution in [0.3, 0.4) is 0 Å². The summed E-state index contributed by atoms with van der Waals surface area (Å²) in [6, 6.07) is 0.434. The number of piperazine rings is 1. The van der Waals surface area contributed by atoms with Crippen molar-refractivity contribution in [3.05, 3.63) is 0 Å². The van der Waals surface area contributed by atoms with Crippen LogP contribution < -0.4 is 10.6 Å². The second-order valence-corrected chi connectivity index (χ2v) is 6.10. The van der Waals surface area contributed by atoms with Gasteiger partial charge in [0, 0.05) is 32.2 Å². The molecule has 1 heterocycles. The summed E-state index contributed by atoms with van der Waals surface area (Å²) >= 11 is 0. The van der Waals surface area contributed by atoms with E-state index < -0.39 is 0 Å². The number of amides is 1. The zero-order valence-electron chi connectivity index (χ0n) is 12.3. The Morgan fingerprint density at radius 3 is 2.53 bits per heavy atom. The topological polar surface area (TPSA) is 44.4 Å². The molecule has 1 saturated carbocycles. The SMILES string of the molecule is CCCC1CCC(NC(=O)CN2CCNCC2)CC1. The maximum Gasteiger partial charge on any atom is 0.234 e. The second-order valence-electron chi connectivity index (χ2n) is 6.10. The van der Waals surface area contributed by atoms with Gasteiger partial charge < -0.3 is 10.6 Å². The third-order valence-electron chi connectivity index (χ3n) is 4.49. The summed E-state index contributed by atoms with van der Waals surface area (Å²) < 4.78 is 0. The van der Waals surface area contributed by atoms with Gasteiger partial charge in [0.05, 0.1) is 6.54 Å². The highest BCUT2D eigenvalue weighted by molar-refractivity contribution is 5.78. The molecular formula is C15H29N3O. The normalized spacial score (nSPS) is 29.1. The van der Waals surface area contributed by atoms with Gasteiger partial charge in [-0.2, -0.15) is 0 Å². The summed E-state index contributed by atoms with van der Waals surface area (Å²) in [4.78, 5) is 14.3. The number of nitrogens with zero attached hydrogens (tertiary/aromatic N) is 1. The molecule has 0 radical (unpaired) electrons. The van der Waals surface area contributed by atoms with Gasteiger partial charge in [0.15, 0.2) is 0 Å². The molecule has 1 aliphatic heterocycles. The highest BCUT2D eigenvalue weighted by Gasteiger charge is 2.22. The lowest BCUT2D eigenvalue weighted by Crippen LogP contribution is -2.49. The van der Waals surface area contributed by atoms with Crippen molar-refractivity contribution in [2.75, 3.05) is 32.7 Å². The fourth-order valence-electron chi connectivity index (χ4n) is 3.35. The predicted octanol–water partition coefficient (Wildman–Crippen LogP) is 1.37.